The molecule has 1 atom stereocenters. The van der Waals surface area contributed by atoms with E-state index in [1.165, 1.54) is 0 Å². The molecule has 0 bridgehead atoms. The van der Waals surface area contributed by atoms with Gasteiger partial charge in [-0.25, -0.2) is 0 Å². The van der Waals surface area contributed by atoms with Crippen molar-refractivity contribution >= 4 is 6.29 Å². The molecule has 0 radical (unpaired) electrons. The van der Waals surface area contributed by atoms with E-state index in [1.54, 1.807) is 0 Å². The van der Waals surface area contributed by atoms with Gasteiger partial charge in [-0.1, -0.05) is 30.3 Å². The van der Waals surface area contributed by atoms with E-state index in [2.05, 4.69) is 0 Å². The van der Waals surface area contributed by atoms with Crippen molar-refractivity contribution < 1.29 is 9.90 Å². The molecule has 0 aliphatic rings. The summed E-state index contributed by atoms with van der Waals surface area (Å²) in [6, 6.07) is 9.64. The number of aliphatic hydroxyl groups excluding tert-OH is 1. The Kier molecular flexibility index (Phi) is 3.48. The Hall–Kier alpha value is -1.15. The van der Waals surface area contributed by atoms with Crippen molar-refractivity contribution in [1.82, 2.24) is 0 Å². The number of benzene rings is 1. The molecular weight excluding hydrogens is 152 g/mol. The van der Waals surface area contributed by atoms with Gasteiger partial charge in [0.1, 0.15) is 6.29 Å². The smallest absolute Gasteiger partial charge is 0.122 e. The summed E-state index contributed by atoms with van der Waals surface area (Å²) in [5.74, 6) is 0. The third-order valence-corrected chi connectivity index (χ3v) is 1.68. The van der Waals surface area contributed by atoms with Gasteiger partial charge in [-0.15, -0.1) is 0 Å². The van der Waals surface area contributed by atoms with Gasteiger partial charge in [0.25, 0.3) is 0 Å². The minimum atomic E-state index is -0.537. The molecular formula is C10H12O2. The van der Waals surface area contributed by atoms with Gasteiger partial charge in [0.2, 0.25) is 0 Å². The topological polar surface area (TPSA) is 37.3 Å². The van der Waals surface area contributed by atoms with Gasteiger partial charge in [0.15, 0.2) is 0 Å². The molecule has 1 aromatic rings. The first-order valence-electron chi connectivity index (χ1n) is 3.98. The molecule has 1 N–H and O–H groups in total. The fourth-order valence-electron chi connectivity index (χ4n) is 1.08. The minimum absolute atomic E-state index is 0.217. The molecule has 0 saturated carbocycles. The van der Waals surface area contributed by atoms with E-state index in [0.29, 0.717) is 6.42 Å². The lowest BCUT2D eigenvalue weighted by Gasteiger charge is -2.05. The molecule has 0 aliphatic heterocycles. The van der Waals surface area contributed by atoms with Crippen LogP contribution in [0.5, 0.6) is 0 Å². The molecule has 0 heterocycles. The second kappa shape index (κ2) is 4.67. The largest absolute Gasteiger partial charge is 0.392 e. The fourth-order valence-corrected chi connectivity index (χ4v) is 1.08. The maximum atomic E-state index is 10.0. The first kappa shape index (κ1) is 8.94. The van der Waals surface area contributed by atoms with Gasteiger partial charge >= 0.3 is 0 Å². The van der Waals surface area contributed by atoms with Crippen LogP contribution in [0.3, 0.4) is 0 Å². The Morgan fingerprint density at radius 2 is 2.00 bits per heavy atom. The first-order valence-corrected chi connectivity index (χ1v) is 3.98. The molecule has 1 rings (SSSR count). The van der Waals surface area contributed by atoms with E-state index in [9.17, 15) is 9.90 Å². The second-order valence-electron chi connectivity index (χ2n) is 2.75. The predicted molar refractivity (Wildman–Crippen MR) is 46.8 cm³/mol. The molecule has 1 aromatic carbocycles. The van der Waals surface area contributed by atoms with Gasteiger partial charge in [-0.2, -0.15) is 0 Å². The van der Waals surface area contributed by atoms with Crippen molar-refractivity contribution in [3.63, 3.8) is 0 Å². The molecule has 12 heavy (non-hydrogen) atoms. The van der Waals surface area contributed by atoms with Crippen molar-refractivity contribution in [2.45, 2.75) is 18.9 Å². The summed E-state index contributed by atoms with van der Waals surface area (Å²) in [6.45, 7) is 0. The molecule has 0 aliphatic carbocycles. The lowest BCUT2D eigenvalue weighted by Crippen LogP contribution is -2.10. The van der Waals surface area contributed by atoms with Gasteiger partial charge in [0.05, 0.1) is 6.10 Å². The van der Waals surface area contributed by atoms with Crippen molar-refractivity contribution in [2.75, 3.05) is 0 Å². The SMILES string of the molecule is O=CCC(O)Cc1ccccc1. The van der Waals surface area contributed by atoms with Gasteiger partial charge in [0, 0.05) is 6.42 Å². The highest BCUT2D eigenvalue weighted by Gasteiger charge is 2.03. The summed E-state index contributed by atoms with van der Waals surface area (Å²) in [5.41, 5.74) is 1.06. The molecule has 0 amide bonds. The number of carbonyl (C=O) groups is 1. The molecule has 2 nitrogen and oxygen atoms in total. The Bertz CT molecular complexity index is 231. The Labute approximate surface area is 71.8 Å². The summed E-state index contributed by atoms with van der Waals surface area (Å²) in [6.07, 6.45) is 0.979. The number of aliphatic hydroxyl groups is 1. The predicted octanol–water partition coefficient (Wildman–Crippen LogP) is 1.18. The van der Waals surface area contributed by atoms with Crippen LogP contribution >= 0.6 is 0 Å². The number of carbonyl (C=O) groups excluding carboxylic acids is 1. The second-order valence-corrected chi connectivity index (χ2v) is 2.75. The number of hydrogen-bond donors (Lipinski definition) is 1. The summed E-state index contributed by atoms with van der Waals surface area (Å²) >= 11 is 0. The van der Waals surface area contributed by atoms with Gasteiger partial charge in [-0.3, -0.25) is 0 Å². The maximum Gasteiger partial charge on any atom is 0.122 e. The average molecular weight is 164 g/mol. The summed E-state index contributed by atoms with van der Waals surface area (Å²) in [5, 5.41) is 9.27. The van der Waals surface area contributed by atoms with Crippen LogP contribution in [0.1, 0.15) is 12.0 Å². The third kappa shape index (κ3) is 2.84. The van der Waals surface area contributed by atoms with Crippen LogP contribution in [-0.4, -0.2) is 17.5 Å². The van der Waals surface area contributed by atoms with E-state index in [1.807, 2.05) is 30.3 Å². The molecule has 64 valence electrons. The van der Waals surface area contributed by atoms with Crippen LogP contribution in [0.2, 0.25) is 0 Å². The van der Waals surface area contributed by atoms with Crippen LogP contribution in [0, 0.1) is 0 Å². The Balaban J connectivity index is 2.46. The summed E-state index contributed by atoms with van der Waals surface area (Å²) in [7, 11) is 0. The molecule has 1 unspecified atom stereocenters. The molecule has 0 fully saturated rings. The van der Waals surface area contributed by atoms with Crippen LogP contribution in [-0.2, 0) is 11.2 Å². The number of rotatable bonds is 4. The zero-order valence-electron chi connectivity index (χ0n) is 6.81. The summed E-state index contributed by atoms with van der Waals surface area (Å²) < 4.78 is 0. The zero-order valence-corrected chi connectivity index (χ0v) is 6.81. The molecule has 2 heteroatoms. The van der Waals surface area contributed by atoms with E-state index in [4.69, 9.17) is 0 Å². The Morgan fingerprint density at radius 1 is 1.33 bits per heavy atom. The van der Waals surface area contributed by atoms with Crippen molar-refractivity contribution in [2.24, 2.45) is 0 Å². The highest BCUT2D eigenvalue weighted by Crippen LogP contribution is 2.03. The van der Waals surface area contributed by atoms with Gasteiger partial charge in [-0.05, 0) is 12.0 Å². The van der Waals surface area contributed by atoms with E-state index >= 15 is 0 Å². The summed E-state index contributed by atoms with van der Waals surface area (Å²) in [4.78, 5) is 10.0. The highest BCUT2D eigenvalue weighted by molar-refractivity contribution is 5.50. The van der Waals surface area contributed by atoms with E-state index in [0.717, 1.165) is 11.8 Å². The average Bonchev–Trinajstić information content (AvgIpc) is 2.06. The molecule has 0 saturated heterocycles. The van der Waals surface area contributed by atoms with Crippen molar-refractivity contribution in [1.29, 1.82) is 0 Å². The fraction of sp³-hybridized carbons (Fsp3) is 0.300. The van der Waals surface area contributed by atoms with Crippen molar-refractivity contribution in [3.05, 3.63) is 35.9 Å². The zero-order chi connectivity index (χ0) is 8.81. The number of aldehydes is 1. The first-order chi connectivity index (χ1) is 5.83. The molecule has 0 aromatic heterocycles. The van der Waals surface area contributed by atoms with Gasteiger partial charge < -0.3 is 9.90 Å². The van der Waals surface area contributed by atoms with Crippen molar-refractivity contribution in [3.8, 4) is 0 Å². The monoisotopic (exact) mass is 164 g/mol. The lowest BCUT2D eigenvalue weighted by atomic mass is 10.1. The van der Waals surface area contributed by atoms with E-state index < -0.39 is 6.10 Å². The van der Waals surface area contributed by atoms with Crippen LogP contribution in [0.15, 0.2) is 30.3 Å². The quantitative estimate of drug-likeness (QED) is 0.678. The minimum Gasteiger partial charge on any atom is -0.392 e. The van der Waals surface area contributed by atoms with Crippen LogP contribution in [0.4, 0.5) is 0 Å². The maximum absolute atomic E-state index is 10.0. The van der Waals surface area contributed by atoms with Crippen LogP contribution in [0.25, 0.3) is 0 Å². The lowest BCUT2D eigenvalue weighted by molar-refractivity contribution is -0.109. The Morgan fingerprint density at radius 3 is 2.58 bits per heavy atom. The number of hydrogen-bond acceptors (Lipinski definition) is 2. The highest BCUT2D eigenvalue weighted by atomic mass is 16.3. The standard InChI is InChI=1S/C10H12O2/c11-7-6-10(12)8-9-4-2-1-3-5-9/h1-5,7,10,12H,6,8H2. The normalized spacial score (nSPS) is 12.4. The molecule has 0 spiro atoms. The van der Waals surface area contributed by atoms with E-state index in [-0.39, 0.29) is 6.42 Å². The van der Waals surface area contributed by atoms with Crippen LogP contribution < -0.4 is 0 Å². The third-order valence-electron chi connectivity index (χ3n) is 1.68.